The maximum Gasteiger partial charge on any atom is 0.573 e. The molecule has 0 bridgehead atoms. The van der Waals surface area contributed by atoms with E-state index in [4.69, 9.17) is 18.0 Å². The second-order valence-corrected chi connectivity index (χ2v) is 6.55. The lowest BCUT2D eigenvalue weighted by atomic mass is 9.78. The number of hydrogen-bond acceptors (Lipinski definition) is 3. The highest BCUT2D eigenvalue weighted by Gasteiger charge is 2.53. The monoisotopic (exact) mass is 425 g/mol. The van der Waals surface area contributed by atoms with Crippen molar-refractivity contribution in [3.05, 3.63) is 23.2 Å². The average molecular weight is 426 g/mol. The third kappa shape index (κ3) is 4.47. The Labute approximate surface area is 161 Å². The highest BCUT2D eigenvalue weighted by Crippen LogP contribution is 2.44. The second-order valence-electron chi connectivity index (χ2n) is 6.14. The zero-order chi connectivity index (χ0) is 21.3. The summed E-state index contributed by atoms with van der Waals surface area (Å²) < 4.78 is 67.9. The smallest absolute Gasteiger partial charge is 0.479 e. The number of hydrogen-bond donors (Lipinski definition) is 1. The van der Waals surface area contributed by atoms with Crippen LogP contribution in [0.15, 0.2) is 18.2 Å². The van der Waals surface area contributed by atoms with Crippen LogP contribution in [0.1, 0.15) is 25.7 Å². The van der Waals surface area contributed by atoms with E-state index in [1.807, 2.05) is 0 Å². The van der Waals surface area contributed by atoms with Gasteiger partial charge in [0.1, 0.15) is 11.3 Å². The van der Waals surface area contributed by atoms with E-state index in [1.54, 1.807) is 5.92 Å². The quantitative estimate of drug-likeness (QED) is 0.579. The summed E-state index contributed by atoms with van der Waals surface area (Å²) in [6.45, 7) is 0. The van der Waals surface area contributed by atoms with Crippen LogP contribution in [0.5, 0.6) is 5.75 Å². The summed E-state index contributed by atoms with van der Waals surface area (Å²) >= 11 is 5.75. The van der Waals surface area contributed by atoms with Crippen molar-refractivity contribution in [2.45, 2.75) is 43.5 Å². The Bertz CT molecular complexity index is 824. The lowest BCUT2D eigenvalue weighted by Crippen LogP contribution is -2.60. The maximum absolute atomic E-state index is 13.6. The van der Waals surface area contributed by atoms with Crippen LogP contribution in [-0.2, 0) is 9.59 Å². The van der Waals surface area contributed by atoms with Gasteiger partial charge in [-0.1, -0.05) is 11.6 Å². The number of alkyl halides is 5. The van der Waals surface area contributed by atoms with Crippen molar-refractivity contribution in [2.75, 3.05) is 4.90 Å². The van der Waals surface area contributed by atoms with E-state index in [2.05, 4.69) is 4.74 Å². The third-order valence-corrected chi connectivity index (χ3v) is 4.66. The third-order valence-electron chi connectivity index (χ3n) is 4.36. The van der Waals surface area contributed by atoms with E-state index in [0.717, 1.165) is 18.2 Å². The predicted molar refractivity (Wildman–Crippen MR) is 88.2 cm³/mol. The van der Waals surface area contributed by atoms with Gasteiger partial charge in [0.2, 0.25) is 5.92 Å². The molecule has 1 aliphatic rings. The number of carbonyl (C=O) groups is 2. The Morgan fingerprint density at radius 1 is 1.21 bits per heavy atom. The van der Waals surface area contributed by atoms with Gasteiger partial charge in [0, 0.05) is 18.5 Å². The number of halogens is 6. The molecule has 0 atom stereocenters. The molecule has 152 valence electrons. The number of carboxylic acid groups (broad SMARTS) is 1. The Hall–Kier alpha value is -2.54. The lowest BCUT2D eigenvalue weighted by Gasteiger charge is -2.44. The van der Waals surface area contributed by atoms with Crippen molar-refractivity contribution in [3.63, 3.8) is 0 Å². The van der Waals surface area contributed by atoms with Gasteiger partial charge in [-0.05, 0) is 37.0 Å². The van der Waals surface area contributed by atoms with E-state index in [0.29, 0.717) is 4.90 Å². The van der Waals surface area contributed by atoms with Crippen molar-refractivity contribution in [2.24, 2.45) is 0 Å². The molecule has 1 aliphatic carbocycles. The van der Waals surface area contributed by atoms with Crippen LogP contribution >= 0.6 is 11.6 Å². The van der Waals surface area contributed by atoms with Crippen molar-refractivity contribution in [1.82, 2.24) is 0 Å². The summed E-state index contributed by atoms with van der Waals surface area (Å²) in [5, 5.41) is 9.12. The first-order valence-corrected chi connectivity index (χ1v) is 8.16. The number of rotatable bonds is 4. The minimum absolute atomic E-state index is 0.255. The highest BCUT2D eigenvalue weighted by molar-refractivity contribution is 6.32. The Morgan fingerprint density at radius 2 is 1.79 bits per heavy atom. The molecule has 0 aromatic heterocycles. The Morgan fingerprint density at radius 3 is 2.21 bits per heavy atom. The van der Waals surface area contributed by atoms with Crippen molar-refractivity contribution >= 4 is 29.2 Å². The minimum atomic E-state index is -5.03. The van der Waals surface area contributed by atoms with Crippen LogP contribution in [0.4, 0.5) is 27.6 Å². The summed E-state index contributed by atoms with van der Waals surface area (Å²) in [5.74, 6) is -4.91. The van der Waals surface area contributed by atoms with Crippen LogP contribution in [-0.4, -0.2) is 34.8 Å². The predicted octanol–water partition coefficient (Wildman–Crippen LogP) is 4.24. The summed E-state index contributed by atoms with van der Waals surface area (Å²) in [6.07, 6.45) is -2.78. The van der Waals surface area contributed by atoms with E-state index in [-0.39, 0.29) is 5.69 Å². The van der Waals surface area contributed by atoms with Crippen LogP contribution in [0.3, 0.4) is 0 Å². The van der Waals surface area contributed by atoms with E-state index >= 15 is 0 Å². The minimum Gasteiger partial charge on any atom is -0.479 e. The zero-order valence-electron chi connectivity index (χ0n) is 14.0. The molecule has 1 aromatic carbocycles. The van der Waals surface area contributed by atoms with Crippen LogP contribution in [0.2, 0.25) is 5.02 Å². The fourth-order valence-electron chi connectivity index (χ4n) is 3.02. The first kappa shape index (κ1) is 21.8. The fourth-order valence-corrected chi connectivity index (χ4v) is 3.24. The SMILES string of the molecule is C#CC(=O)N(c1ccc(OC(F)(F)F)c(Cl)c1)C1(C(=O)O)CCC(F)(F)CC1. The average Bonchev–Trinajstić information content (AvgIpc) is 2.57. The van der Waals surface area contributed by atoms with Gasteiger partial charge in [-0.15, -0.1) is 19.6 Å². The molecular formula is C17H13ClF5NO4. The molecule has 1 N–H and O–H groups in total. The number of nitrogens with zero attached hydrogens (tertiary/aromatic N) is 1. The number of anilines is 1. The standard InChI is InChI=1S/C17H13ClF5NO4/c1-2-13(25)24(15(14(26)27)5-7-16(19,20)8-6-15)10-3-4-12(11(18)9-10)28-17(21,22)23/h1,3-4,9H,5-8H2,(H,26,27). The molecule has 1 aromatic rings. The normalized spacial score (nSPS) is 18.0. The number of amides is 1. The molecule has 0 unspecified atom stereocenters. The first-order valence-electron chi connectivity index (χ1n) is 7.79. The molecule has 0 aliphatic heterocycles. The maximum atomic E-state index is 13.6. The van der Waals surface area contributed by atoms with Gasteiger partial charge in [0.15, 0.2) is 0 Å². The second kappa shape index (κ2) is 7.47. The molecule has 5 nitrogen and oxygen atoms in total. The van der Waals surface area contributed by atoms with Gasteiger partial charge in [0.25, 0.3) is 0 Å². The summed E-state index contributed by atoms with van der Waals surface area (Å²) in [5.41, 5.74) is -2.35. The topological polar surface area (TPSA) is 66.8 Å². The zero-order valence-corrected chi connectivity index (χ0v) is 14.8. The molecule has 1 fully saturated rings. The first-order chi connectivity index (χ1) is 12.8. The number of benzene rings is 1. The number of aliphatic carboxylic acids is 1. The van der Waals surface area contributed by atoms with Gasteiger partial charge < -0.3 is 9.84 Å². The van der Waals surface area contributed by atoms with Gasteiger partial charge in [-0.25, -0.2) is 13.6 Å². The molecule has 0 saturated heterocycles. The van der Waals surface area contributed by atoms with Gasteiger partial charge in [-0.3, -0.25) is 9.69 Å². The van der Waals surface area contributed by atoms with Gasteiger partial charge >= 0.3 is 18.2 Å². The molecule has 1 saturated carbocycles. The molecule has 28 heavy (non-hydrogen) atoms. The molecule has 1 amide bonds. The highest BCUT2D eigenvalue weighted by atomic mass is 35.5. The Balaban J connectivity index is 2.52. The van der Waals surface area contributed by atoms with E-state index in [9.17, 15) is 36.6 Å². The molecule has 0 radical (unpaired) electrons. The van der Waals surface area contributed by atoms with E-state index in [1.165, 1.54) is 0 Å². The molecule has 11 heteroatoms. The van der Waals surface area contributed by atoms with E-state index < -0.39 is 66.2 Å². The van der Waals surface area contributed by atoms with Crippen molar-refractivity contribution < 1.29 is 41.4 Å². The summed E-state index contributed by atoms with van der Waals surface area (Å²) in [4.78, 5) is 24.8. The largest absolute Gasteiger partial charge is 0.573 e. The van der Waals surface area contributed by atoms with Crippen LogP contribution in [0, 0.1) is 12.3 Å². The fraction of sp³-hybridized carbons (Fsp3) is 0.412. The van der Waals surface area contributed by atoms with Crippen LogP contribution < -0.4 is 9.64 Å². The summed E-state index contributed by atoms with van der Waals surface area (Å²) in [7, 11) is 0. The number of carboxylic acids is 1. The number of terminal acetylenes is 1. The summed E-state index contributed by atoms with van der Waals surface area (Å²) in [6, 6.07) is 2.57. The van der Waals surface area contributed by atoms with Crippen LogP contribution in [0.25, 0.3) is 0 Å². The molecular weight excluding hydrogens is 413 g/mol. The van der Waals surface area contributed by atoms with Gasteiger partial charge in [-0.2, -0.15) is 0 Å². The number of carbonyl (C=O) groups excluding carboxylic acids is 1. The lowest BCUT2D eigenvalue weighted by molar-refractivity contribution is -0.274. The Kier molecular flexibility index (Phi) is 5.80. The molecule has 0 heterocycles. The van der Waals surface area contributed by atoms with Crippen molar-refractivity contribution in [3.8, 4) is 18.1 Å². The van der Waals surface area contributed by atoms with Crippen molar-refractivity contribution in [1.29, 1.82) is 0 Å². The molecule has 2 rings (SSSR count). The number of ether oxygens (including phenoxy) is 1. The molecule has 0 spiro atoms. The van der Waals surface area contributed by atoms with Gasteiger partial charge in [0.05, 0.1) is 5.02 Å².